The first-order valence-electron chi connectivity index (χ1n) is 14.4. The molecule has 6 rings (SSSR count). The van der Waals surface area contributed by atoms with Crippen LogP contribution in [-0.4, -0.2) is 70.9 Å². The first-order valence-corrected chi connectivity index (χ1v) is 15.8. The molecule has 2 atom stereocenters. The lowest BCUT2D eigenvalue weighted by Gasteiger charge is -2.40. The van der Waals surface area contributed by atoms with E-state index in [1.54, 1.807) is 24.3 Å². The molecule has 0 radical (unpaired) electrons. The summed E-state index contributed by atoms with van der Waals surface area (Å²) in [6, 6.07) is 16.8. The molecule has 2 aromatic carbocycles. The SMILES string of the molecule is O=C(NC1(C(=O)N2CCC3C2C(=O)CN3S(=O)(=O)c2ccc[nH]c2=O)CCCCC1)c1ccc(Oc2ccccc2)cc1. The van der Waals surface area contributed by atoms with E-state index < -0.39 is 56.3 Å². The van der Waals surface area contributed by atoms with Gasteiger partial charge in [0.2, 0.25) is 15.9 Å². The highest BCUT2D eigenvalue weighted by Gasteiger charge is 2.57. The zero-order valence-electron chi connectivity index (χ0n) is 23.4. The zero-order valence-corrected chi connectivity index (χ0v) is 24.2. The molecule has 11 nitrogen and oxygen atoms in total. The highest BCUT2D eigenvalue weighted by Crippen LogP contribution is 2.38. The number of ketones is 1. The van der Waals surface area contributed by atoms with Crippen LogP contribution in [0, 0.1) is 0 Å². The van der Waals surface area contributed by atoms with Gasteiger partial charge in [-0.25, -0.2) is 8.42 Å². The van der Waals surface area contributed by atoms with Crippen molar-refractivity contribution < 1.29 is 27.5 Å². The zero-order chi connectivity index (χ0) is 30.2. The van der Waals surface area contributed by atoms with Gasteiger partial charge < -0.3 is 19.9 Å². The number of aromatic amines is 1. The lowest BCUT2D eigenvalue weighted by atomic mass is 9.80. The molecule has 0 bridgehead atoms. The number of carbonyl (C=O) groups excluding carboxylic acids is 3. The molecule has 1 saturated carbocycles. The molecule has 12 heteroatoms. The number of para-hydroxylation sites is 1. The lowest BCUT2D eigenvalue weighted by Crippen LogP contribution is -2.62. The van der Waals surface area contributed by atoms with Crippen LogP contribution >= 0.6 is 0 Å². The fourth-order valence-corrected chi connectivity index (χ4v) is 8.14. The number of nitrogens with one attached hydrogen (secondary N) is 2. The van der Waals surface area contributed by atoms with Crippen molar-refractivity contribution in [2.75, 3.05) is 13.1 Å². The summed E-state index contributed by atoms with van der Waals surface area (Å²) in [7, 11) is -4.27. The first kappa shape index (κ1) is 28.8. The quantitative estimate of drug-likeness (QED) is 0.422. The predicted molar refractivity (Wildman–Crippen MR) is 156 cm³/mol. The number of hydrogen-bond acceptors (Lipinski definition) is 7. The van der Waals surface area contributed by atoms with E-state index in [4.69, 9.17) is 4.74 Å². The number of nitrogens with zero attached hydrogens (tertiary/aromatic N) is 2. The van der Waals surface area contributed by atoms with Crippen LogP contribution in [0.25, 0.3) is 0 Å². The van der Waals surface area contributed by atoms with Crippen molar-refractivity contribution in [3.8, 4) is 11.5 Å². The third-order valence-corrected chi connectivity index (χ3v) is 10.5. The molecule has 3 aliphatic rings. The molecule has 3 heterocycles. The summed E-state index contributed by atoms with van der Waals surface area (Å²) < 4.78 is 33.7. The number of rotatable bonds is 7. The Labute approximate surface area is 248 Å². The van der Waals surface area contributed by atoms with Crippen LogP contribution in [0.2, 0.25) is 0 Å². The van der Waals surface area contributed by atoms with Gasteiger partial charge in [-0.15, -0.1) is 0 Å². The third kappa shape index (κ3) is 5.36. The number of likely N-dealkylation sites (tertiary alicyclic amines) is 1. The predicted octanol–water partition coefficient (Wildman–Crippen LogP) is 2.84. The Morgan fingerprint density at radius 2 is 1.60 bits per heavy atom. The molecule has 2 amide bonds. The maximum absolute atomic E-state index is 14.2. The van der Waals surface area contributed by atoms with E-state index in [1.165, 1.54) is 23.2 Å². The second-order valence-electron chi connectivity index (χ2n) is 11.2. The summed E-state index contributed by atoms with van der Waals surface area (Å²) >= 11 is 0. The van der Waals surface area contributed by atoms with Crippen LogP contribution in [0.15, 0.2) is 82.6 Å². The lowest BCUT2D eigenvalue weighted by molar-refractivity contribution is -0.143. The second kappa shape index (κ2) is 11.4. The molecule has 0 spiro atoms. The van der Waals surface area contributed by atoms with Gasteiger partial charge in [-0.2, -0.15) is 4.31 Å². The number of carbonyl (C=O) groups is 3. The molecule has 2 unspecified atom stereocenters. The molecule has 1 aliphatic carbocycles. The standard InChI is InChI=1S/C31H32N4O7S/c36-25-20-35(43(40,41)26-10-7-18-32-29(26)38)24-15-19-34(27(24)25)30(39)31(16-5-2-6-17-31)33-28(37)21-11-13-23(14-12-21)42-22-8-3-1-4-9-22/h1,3-4,7-14,18,24,27H,2,5-6,15-17,19-20H2,(H,32,38)(H,33,37). The number of hydrogen-bond donors (Lipinski definition) is 2. The van der Waals surface area contributed by atoms with Crippen molar-refractivity contribution in [2.45, 2.75) is 61.0 Å². The Balaban J connectivity index is 1.21. The first-order chi connectivity index (χ1) is 20.7. The Bertz CT molecular complexity index is 1700. The Morgan fingerprint density at radius 3 is 2.30 bits per heavy atom. The number of benzene rings is 2. The van der Waals surface area contributed by atoms with Gasteiger partial charge in [-0.1, -0.05) is 37.5 Å². The molecule has 224 valence electrons. The maximum atomic E-state index is 14.2. The summed E-state index contributed by atoms with van der Waals surface area (Å²) in [5, 5.41) is 3.00. The fraction of sp³-hybridized carbons (Fsp3) is 0.355. The van der Waals surface area contributed by atoms with Crippen molar-refractivity contribution in [1.82, 2.24) is 19.5 Å². The van der Waals surface area contributed by atoms with Crippen molar-refractivity contribution >= 4 is 27.6 Å². The highest BCUT2D eigenvalue weighted by molar-refractivity contribution is 7.89. The molecular weight excluding hydrogens is 572 g/mol. The number of Topliss-reactive ketones (excluding diaryl/α,β-unsaturated/α-hetero) is 1. The van der Waals surface area contributed by atoms with Gasteiger partial charge in [0.1, 0.15) is 28.0 Å². The van der Waals surface area contributed by atoms with E-state index in [9.17, 15) is 27.6 Å². The van der Waals surface area contributed by atoms with Gasteiger partial charge in [0.05, 0.1) is 12.6 Å². The minimum absolute atomic E-state index is 0.167. The smallest absolute Gasteiger partial charge is 0.268 e. The van der Waals surface area contributed by atoms with Crippen LogP contribution in [0.4, 0.5) is 0 Å². The van der Waals surface area contributed by atoms with Crippen molar-refractivity contribution in [3.05, 3.63) is 88.8 Å². The van der Waals surface area contributed by atoms with E-state index in [2.05, 4.69) is 10.3 Å². The number of amides is 2. The van der Waals surface area contributed by atoms with E-state index in [-0.39, 0.29) is 18.9 Å². The summed E-state index contributed by atoms with van der Waals surface area (Å²) in [6.45, 7) is -0.257. The monoisotopic (exact) mass is 604 g/mol. The van der Waals surface area contributed by atoms with Crippen molar-refractivity contribution in [3.63, 3.8) is 0 Å². The van der Waals surface area contributed by atoms with E-state index >= 15 is 0 Å². The average molecular weight is 605 g/mol. The second-order valence-corrected chi connectivity index (χ2v) is 13.1. The molecule has 43 heavy (non-hydrogen) atoms. The number of aromatic nitrogens is 1. The van der Waals surface area contributed by atoms with E-state index in [1.807, 2.05) is 30.3 Å². The average Bonchev–Trinajstić information content (AvgIpc) is 3.59. The Morgan fingerprint density at radius 1 is 0.907 bits per heavy atom. The van der Waals surface area contributed by atoms with Gasteiger partial charge in [0.25, 0.3) is 11.5 Å². The van der Waals surface area contributed by atoms with Crippen LogP contribution in [0.5, 0.6) is 11.5 Å². The summed E-state index contributed by atoms with van der Waals surface area (Å²) in [4.78, 5) is 56.6. The minimum Gasteiger partial charge on any atom is -0.457 e. The van der Waals surface area contributed by atoms with Gasteiger partial charge in [0, 0.05) is 18.3 Å². The van der Waals surface area contributed by atoms with Gasteiger partial charge in [-0.3, -0.25) is 19.2 Å². The van der Waals surface area contributed by atoms with Gasteiger partial charge in [-0.05, 0) is 67.8 Å². The molecule has 3 aromatic rings. The fourth-order valence-electron chi connectivity index (χ4n) is 6.47. The number of ether oxygens (including phenoxy) is 1. The van der Waals surface area contributed by atoms with Gasteiger partial charge >= 0.3 is 0 Å². The van der Waals surface area contributed by atoms with E-state index in [0.29, 0.717) is 29.9 Å². The highest BCUT2D eigenvalue weighted by atomic mass is 32.2. The summed E-state index contributed by atoms with van der Waals surface area (Å²) in [5.74, 6) is 0.0349. The minimum atomic E-state index is -4.27. The van der Waals surface area contributed by atoms with Crippen LogP contribution < -0.4 is 15.6 Å². The maximum Gasteiger partial charge on any atom is 0.268 e. The molecule has 2 N–H and O–H groups in total. The van der Waals surface area contributed by atoms with Crippen molar-refractivity contribution in [2.24, 2.45) is 0 Å². The summed E-state index contributed by atoms with van der Waals surface area (Å²) in [6.07, 6.45) is 4.77. The van der Waals surface area contributed by atoms with Crippen LogP contribution in [0.1, 0.15) is 48.9 Å². The number of H-pyrrole nitrogens is 1. The molecule has 2 aliphatic heterocycles. The van der Waals surface area contributed by atoms with Crippen LogP contribution in [-0.2, 0) is 19.6 Å². The normalized spacial score (nSPS) is 21.8. The Kier molecular flexibility index (Phi) is 7.65. The Hall–Kier alpha value is -4.29. The molecule has 3 fully saturated rings. The largest absolute Gasteiger partial charge is 0.457 e. The summed E-state index contributed by atoms with van der Waals surface area (Å²) in [5.41, 5.74) is -1.63. The molecule has 1 aromatic heterocycles. The number of sulfonamides is 1. The van der Waals surface area contributed by atoms with Crippen LogP contribution in [0.3, 0.4) is 0 Å². The molecular formula is C31H32N4O7S. The topological polar surface area (TPSA) is 146 Å². The van der Waals surface area contributed by atoms with E-state index in [0.717, 1.165) is 23.6 Å². The van der Waals surface area contributed by atoms with Gasteiger partial charge in [0.15, 0.2) is 5.78 Å². The number of pyridine rings is 1. The van der Waals surface area contributed by atoms with Crippen molar-refractivity contribution in [1.29, 1.82) is 0 Å². The third-order valence-electron chi connectivity index (χ3n) is 8.57. The number of fused-ring (bicyclic) bond motifs is 1. The molecule has 2 saturated heterocycles.